The van der Waals surface area contributed by atoms with E-state index >= 15 is 0 Å². The number of halogens is 1. The molecule has 11 heteroatoms. The fourth-order valence-electron chi connectivity index (χ4n) is 3.22. The van der Waals surface area contributed by atoms with Crippen molar-refractivity contribution in [3.8, 4) is 0 Å². The van der Waals surface area contributed by atoms with Gasteiger partial charge in [-0.05, 0) is 31.2 Å². The van der Waals surface area contributed by atoms with Gasteiger partial charge in [-0.3, -0.25) is 23.0 Å². The molecule has 0 atom stereocenters. The number of carbonyl (C=O) groups is 1. The molecule has 156 valence electrons. The van der Waals surface area contributed by atoms with Gasteiger partial charge in [0.05, 0.1) is 6.42 Å². The van der Waals surface area contributed by atoms with Crippen LogP contribution in [0.3, 0.4) is 0 Å². The van der Waals surface area contributed by atoms with E-state index in [1.165, 1.54) is 30.6 Å². The molecule has 1 aliphatic rings. The van der Waals surface area contributed by atoms with Crippen LogP contribution in [0, 0.1) is 6.92 Å². The van der Waals surface area contributed by atoms with Crippen molar-refractivity contribution in [1.82, 2.24) is 14.5 Å². The van der Waals surface area contributed by atoms with Crippen molar-refractivity contribution in [1.29, 1.82) is 0 Å². The highest BCUT2D eigenvalue weighted by Gasteiger charge is 2.24. The van der Waals surface area contributed by atoms with Crippen LogP contribution in [0.15, 0.2) is 47.7 Å². The van der Waals surface area contributed by atoms with Crippen LogP contribution >= 0.6 is 27.9 Å². The molecule has 0 spiro atoms. The first-order chi connectivity index (χ1) is 14.3. The van der Waals surface area contributed by atoms with Crippen molar-refractivity contribution in [2.45, 2.75) is 13.3 Å². The zero-order chi connectivity index (χ0) is 21.6. The quantitative estimate of drug-likeness (QED) is 0.562. The van der Waals surface area contributed by atoms with Crippen molar-refractivity contribution in [3.05, 3.63) is 60.9 Å². The van der Waals surface area contributed by atoms with E-state index in [9.17, 15) is 14.4 Å². The van der Waals surface area contributed by atoms with E-state index in [0.29, 0.717) is 23.2 Å². The van der Waals surface area contributed by atoms with Gasteiger partial charge in [-0.15, -0.1) is 0 Å². The second-order valence-electron chi connectivity index (χ2n) is 6.80. The van der Waals surface area contributed by atoms with Gasteiger partial charge in [-0.1, -0.05) is 15.9 Å². The molecule has 0 unspecified atom stereocenters. The molecular formula is C19H18BrN5O4S. The second-order valence-corrected chi connectivity index (χ2v) is 8.72. The summed E-state index contributed by atoms with van der Waals surface area (Å²) >= 11 is 4.74. The fourth-order valence-corrected chi connectivity index (χ4v) is 4.31. The van der Waals surface area contributed by atoms with Crippen LogP contribution in [0.1, 0.15) is 11.3 Å². The predicted molar refractivity (Wildman–Crippen MR) is 120 cm³/mol. The number of aromatic nitrogens is 2. The number of rotatable bonds is 3. The summed E-state index contributed by atoms with van der Waals surface area (Å²) in [5, 5.41) is 3.51. The molecule has 0 fully saturated rings. The van der Waals surface area contributed by atoms with E-state index in [0.717, 1.165) is 14.7 Å². The van der Waals surface area contributed by atoms with Crippen molar-refractivity contribution in [3.63, 3.8) is 0 Å². The molecule has 3 aromatic rings. The maximum atomic E-state index is 12.6. The normalized spacial score (nSPS) is 13.7. The second kappa shape index (κ2) is 7.80. The average molecular weight is 492 g/mol. The largest absolute Gasteiger partial charge is 0.444 e. The summed E-state index contributed by atoms with van der Waals surface area (Å²) in [5.74, 6) is 0.108. The predicted octanol–water partition coefficient (Wildman–Crippen LogP) is 2.04. The minimum atomic E-state index is -0.484. The fraction of sp³-hybridized carbons (Fsp3) is 0.263. The Morgan fingerprint density at radius 1 is 1.23 bits per heavy atom. The van der Waals surface area contributed by atoms with Gasteiger partial charge in [0.25, 0.3) is 5.56 Å². The van der Waals surface area contributed by atoms with Gasteiger partial charge in [-0.25, -0.2) is 9.79 Å². The third-order valence-corrected chi connectivity index (χ3v) is 6.30. The van der Waals surface area contributed by atoms with Crippen LogP contribution in [0.2, 0.25) is 0 Å². The highest BCUT2D eigenvalue weighted by molar-refractivity contribution is 9.10. The number of hydrogen-bond acceptors (Lipinski definition) is 7. The molecule has 30 heavy (non-hydrogen) atoms. The SMILES string of the molecule is Cc1oc2c(c1CC(=O)NC1=NCN(c3ccc(Br)cc3)S1)c(=O)n(C)c(=O)n2C. The van der Waals surface area contributed by atoms with Crippen LogP contribution in [0.5, 0.6) is 0 Å². The minimum absolute atomic E-state index is 0.0653. The Labute approximate surface area is 183 Å². The number of anilines is 1. The number of amides is 1. The number of benzene rings is 1. The maximum absolute atomic E-state index is 12.6. The zero-order valence-corrected chi connectivity index (χ0v) is 18.8. The molecule has 1 N–H and O–H groups in total. The first-order valence-electron chi connectivity index (χ1n) is 8.99. The molecule has 0 saturated heterocycles. The van der Waals surface area contributed by atoms with E-state index in [1.54, 1.807) is 6.92 Å². The smallest absolute Gasteiger partial charge is 0.333 e. The third-order valence-electron chi connectivity index (χ3n) is 4.83. The van der Waals surface area contributed by atoms with Gasteiger partial charge >= 0.3 is 5.69 Å². The molecule has 2 aromatic heterocycles. The number of fused-ring (bicyclic) bond motifs is 1. The number of carbonyl (C=O) groups excluding carboxylic acids is 1. The topological polar surface area (TPSA) is 102 Å². The monoisotopic (exact) mass is 491 g/mol. The molecule has 1 aromatic carbocycles. The van der Waals surface area contributed by atoms with Crippen molar-refractivity contribution < 1.29 is 9.21 Å². The Balaban J connectivity index is 1.52. The zero-order valence-electron chi connectivity index (χ0n) is 16.4. The molecule has 0 radical (unpaired) electrons. The summed E-state index contributed by atoms with van der Waals surface area (Å²) in [4.78, 5) is 41.7. The van der Waals surface area contributed by atoms with Crippen LogP contribution in [0.25, 0.3) is 11.1 Å². The van der Waals surface area contributed by atoms with Crippen molar-refractivity contribution in [2.24, 2.45) is 19.1 Å². The molecule has 0 saturated carbocycles. The van der Waals surface area contributed by atoms with E-state index in [-0.39, 0.29) is 23.4 Å². The molecule has 3 heterocycles. The van der Waals surface area contributed by atoms with E-state index in [1.807, 2.05) is 28.6 Å². The maximum Gasteiger partial charge on any atom is 0.333 e. The standard InChI is InChI=1S/C19H18BrN5O4S/c1-10-13(15-16(27)23(2)19(28)24(3)17(15)29-10)8-14(26)22-18-21-9-25(30-18)12-6-4-11(20)5-7-12/h4-7H,8-9H2,1-3H3,(H,21,22,26). The van der Waals surface area contributed by atoms with E-state index in [4.69, 9.17) is 4.42 Å². The molecule has 9 nitrogen and oxygen atoms in total. The third kappa shape index (κ3) is 3.58. The molecule has 0 bridgehead atoms. The highest BCUT2D eigenvalue weighted by Crippen LogP contribution is 2.28. The summed E-state index contributed by atoms with van der Waals surface area (Å²) in [6.07, 6.45) is -0.0653. The Bertz CT molecular complexity index is 1310. The average Bonchev–Trinajstić information content (AvgIpc) is 3.30. The van der Waals surface area contributed by atoms with Crippen LogP contribution in [-0.2, 0) is 25.3 Å². The van der Waals surface area contributed by atoms with Crippen LogP contribution in [0.4, 0.5) is 5.69 Å². The number of nitrogens with zero attached hydrogens (tertiary/aromatic N) is 4. The Morgan fingerprint density at radius 2 is 1.93 bits per heavy atom. The van der Waals surface area contributed by atoms with Crippen molar-refractivity contribution in [2.75, 3.05) is 11.0 Å². The lowest BCUT2D eigenvalue weighted by Crippen LogP contribution is -2.37. The molecule has 1 amide bonds. The summed E-state index contributed by atoms with van der Waals surface area (Å²) in [5.41, 5.74) is 0.630. The Kier molecular flexibility index (Phi) is 5.33. The van der Waals surface area contributed by atoms with Gasteiger partial charge < -0.3 is 9.73 Å². The lowest BCUT2D eigenvalue weighted by Gasteiger charge is -2.15. The first kappa shape index (κ1) is 20.5. The summed E-state index contributed by atoms with van der Waals surface area (Å²) in [7, 11) is 2.93. The molecular weight excluding hydrogens is 474 g/mol. The number of aryl methyl sites for hydroxylation is 2. The van der Waals surface area contributed by atoms with Gasteiger partial charge in [-0.2, -0.15) is 0 Å². The number of amidine groups is 1. The minimum Gasteiger partial charge on any atom is -0.444 e. The van der Waals surface area contributed by atoms with Gasteiger partial charge in [0.1, 0.15) is 17.8 Å². The number of hydrogen-bond donors (Lipinski definition) is 1. The van der Waals surface area contributed by atoms with Gasteiger partial charge in [0, 0.05) is 41.8 Å². The molecule has 0 aliphatic carbocycles. The molecule has 1 aliphatic heterocycles. The summed E-state index contributed by atoms with van der Waals surface area (Å²) < 4.78 is 10.8. The van der Waals surface area contributed by atoms with E-state index in [2.05, 4.69) is 26.2 Å². The molecule has 4 rings (SSSR count). The van der Waals surface area contributed by atoms with E-state index < -0.39 is 11.2 Å². The van der Waals surface area contributed by atoms with Crippen molar-refractivity contribution >= 4 is 55.7 Å². The number of nitrogens with one attached hydrogen (secondary N) is 1. The number of aliphatic imine (C=N–C) groups is 1. The highest BCUT2D eigenvalue weighted by atomic mass is 79.9. The van der Waals surface area contributed by atoms with Gasteiger partial charge in [0.2, 0.25) is 11.6 Å². The van der Waals surface area contributed by atoms with Crippen LogP contribution in [-0.4, -0.2) is 26.9 Å². The van der Waals surface area contributed by atoms with Gasteiger partial charge in [0.15, 0.2) is 5.17 Å². The Morgan fingerprint density at radius 3 is 2.63 bits per heavy atom. The number of furan rings is 1. The lowest BCUT2D eigenvalue weighted by atomic mass is 10.1. The first-order valence-corrected chi connectivity index (χ1v) is 10.6. The summed E-state index contributed by atoms with van der Waals surface area (Å²) in [6, 6.07) is 7.79. The lowest BCUT2D eigenvalue weighted by molar-refractivity contribution is -0.119. The van der Waals surface area contributed by atoms with Crippen LogP contribution < -0.4 is 20.9 Å². The Hall–Kier alpha value is -2.79. The summed E-state index contributed by atoms with van der Waals surface area (Å²) in [6.45, 7) is 2.09.